The summed E-state index contributed by atoms with van der Waals surface area (Å²) in [6.07, 6.45) is 2.44. The summed E-state index contributed by atoms with van der Waals surface area (Å²) in [6, 6.07) is 0. The van der Waals surface area contributed by atoms with E-state index in [1.54, 1.807) is 7.11 Å². The first-order valence-corrected chi connectivity index (χ1v) is 7.64. The van der Waals surface area contributed by atoms with E-state index in [2.05, 4.69) is 36.3 Å². The first-order chi connectivity index (χ1) is 9.40. The average molecular weight is 285 g/mol. The predicted octanol–water partition coefficient (Wildman–Crippen LogP) is 0.849. The topological polar surface area (TPSA) is 53.6 Å². The number of hydrogen-bond donors (Lipinski definition) is 2. The number of ether oxygens (including phenoxy) is 1. The Labute approximate surface area is 123 Å². The molecule has 0 bridgehead atoms. The second-order valence-corrected chi connectivity index (χ2v) is 6.72. The maximum atomic E-state index is 11.8. The zero-order valence-electron chi connectivity index (χ0n) is 13.5. The number of carbonyl (C=O) groups excluding carboxylic acids is 1. The summed E-state index contributed by atoms with van der Waals surface area (Å²) in [5.74, 6) is 0.751. The molecule has 1 saturated heterocycles. The fourth-order valence-electron chi connectivity index (χ4n) is 2.46. The number of hydrogen-bond acceptors (Lipinski definition) is 4. The largest absolute Gasteiger partial charge is 0.383 e. The molecule has 1 amide bonds. The normalized spacial score (nSPS) is 20.9. The van der Waals surface area contributed by atoms with Gasteiger partial charge in [-0.1, -0.05) is 0 Å². The van der Waals surface area contributed by atoms with Gasteiger partial charge in [-0.05, 0) is 52.6 Å². The van der Waals surface area contributed by atoms with E-state index in [0.29, 0.717) is 25.6 Å². The van der Waals surface area contributed by atoms with Gasteiger partial charge in [0.2, 0.25) is 5.91 Å². The molecule has 118 valence electrons. The SMILES string of the molecule is COCCNC(=O)CN1CCCC(CNC(C)(C)C)C1. The molecule has 1 fully saturated rings. The maximum Gasteiger partial charge on any atom is 0.234 e. The second-order valence-electron chi connectivity index (χ2n) is 6.72. The van der Waals surface area contributed by atoms with Gasteiger partial charge in [0.25, 0.3) is 0 Å². The van der Waals surface area contributed by atoms with Crippen molar-refractivity contribution in [2.75, 3.05) is 46.4 Å². The third-order valence-corrected chi connectivity index (χ3v) is 3.52. The Morgan fingerprint density at radius 3 is 2.80 bits per heavy atom. The summed E-state index contributed by atoms with van der Waals surface area (Å²) in [5.41, 5.74) is 0.166. The van der Waals surface area contributed by atoms with Crippen molar-refractivity contribution < 1.29 is 9.53 Å². The molecule has 2 N–H and O–H groups in total. The van der Waals surface area contributed by atoms with Crippen molar-refractivity contribution in [2.45, 2.75) is 39.2 Å². The molecule has 1 aliphatic rings. The number of amides is 1. The van der Waals surface area contributed by atoms with Crippen LogP contribution in [0.4, 0.5) is 0 Å². The predicted molar refractivity (Wildman–Crippen MR) is 81.8 cm³/mol. The Hall–Kier alpha value is -0.650. The van der Waals surface area contributed by atoms with Crippen LogP contribution in [-0.4, -0.2) is 62.8 Å². The third-order valence-electron chi connectivity index (χ3n) is 3.52. The molecule has 0 aliphatic carbocycles. The van der Waals surface area contributed by atoms with Crippen molar-refractivity contribution in [2.24, 2.45) is 5.92 Å². The highest BCUT2D eigenvalue weighted by Gasteiger charge is 2.22. The first kappa shape index (κ1) is 17.4. The number of carbonyl (C=O) groups is 1. The van der Waals surface area contributed by atoms with Crippen molar-refractivity contribution >= 4 is 5.91 Å². The summed E-state index contributed by atoms with van der Waals surface area (Å²) in [5, 5.41) is 6.44. The van der Waals surface area contributed by atoms with Gasteiger partial charge in [-0.25, -0.2) is 0 Å². The molecule has 1 unspecified atom stereocenters. The smallest absolute Gasteiger partial charge is 0.234 e. The standard InChI is InChI=1S/C15H31N3O2/c1-15(2,3)17-10-13-6-5-8-18(11-13)12-14(19)16-7-9-20-4/h13,17H,5-12H2,1-4H3,(H,16,19). The molecular formula is C15H31N3O2. The maximum absolute atomic E-state index is 11.8. The van der Waals surface area contributed by atoms with Gasteiger partial charge in [0, 0.05) is 25.7 Å². The molecule has 1 heterocycles. The van der Waals surface area contributed by atoms with E-state index < -0.39 is 0 Å². The van der Waals surface area contributed by atoms with Crippen LogP contribution in [0, 0.1) is 5.92 Å². The van der Waals surface area contributed by atoms with Crippen LogP contribution < -0.4 is 10.6 Å². The van der Waals surface area contributed by atoms with Crippen LogP contribution in [0.15, 0.2) is 0 Å². The highest BCUT2D eigenvalue weighted by Crippen LogP contribution is 2.16. The summed E-state index contributed by atoms with van der Waals surface area (Å²) >= 11 is 0. The van der Waals surface area contributed by atoms with E-state index in [-0.39, 0.29) is 11.4 Å². The van der Waals surface area contributed by atoms with Crippen LogP contribution in [0.3, 0.4) is 0 Å². The fourth-order valence-corrected chi connectivity index (χ4v) is 2.46. The Kier molecular flexibility index (Phi) is 7.48. The zero-order valence-corrected chi connectivity index (χ0v) is 13.5. The minimum Gasteiger partial charge on any atom is -0.383 e. The number of methoxy groups -OCH3 is 1. The molecule has 1 rings (SSSR count). The molecule has 1 aliphatic heterocycles. The summed E-state index contributed by atoms with van der Waals surface area (Å²) < 4.78 is 4.93. The highest BCUT2D eigenvalue weighted by molar-refractivity contribution is 5.77. The van der Waals surface area contributed by atoms with Crippen LogP contribution in [0.1, 0.15) is 33.6 Å². The van der Waals surface area contributed by atoms with Crippen molar-refractivity contribution in [1.29, 1.82) is 0 Å². The minimum atomic E-state index is 0.103. The highest BCUT2D eigenvalue weighted by atomic mass is 16.5. The van der Waals surface area contributed by atoms with Crippen molar-refractivity contribution in [3.05, 3.63) is 0 Å². The van der Waals surface area contributed by atoms with Crippen LogP contribution in [-0.2, 0) is 9.53 Å². The molecule has 0 spiro atoms. The van der Waals surface area contributed by atoms with Crippen LogP contribution in [0.5, 0.6) is 0 Å². The lowest BCUT2D eigenvalue weighted by Gasteiger charge is -2.34. The van der Waals surface area contributed by atoms with E-state index >= 15 is 0 Å². The van der Waals surface area contributed by atoms with E-state index in [1.807, 2.05) is 0 Å². The third kappa shape index (κ3) is 7.82. The molecule has 1 atom stereocenters. The van der Waals surface area contributed by atoms with Gasteiger partial charge in [-0.3, -0.25) is 9.69 Å². The second kappa shape index (κ2) is 8.60. The number of piperidine rings is 1. The van der Waals surface area contributed by atoms with E-state index in [1.165, 1.54) is 12.8 Å². The Morgan fingerprint density at radius 1 is 1.40 bits per heavy atom. The lowest BCUT2D eigenvalue weighted by Crippen LogP contribution is -2.47. The summed E-state index contributed by atoms with van der Waals surface area (Å²) in [6.45, 7) is 11.3. The number of nitrogens with one attached hydrogen (secondary N) is 2. The number of nitrogens with zero attached hydrogens (tertiary/aromatic N) is 1. The van der Waals surface area contributed by atoms with Gasteiger partial charge >= 0.3 is 0 Å². The fraction of sp³-hybridized carbons (Fsp3) is 0.933. The van der Waals surface area contributed by atoms with E-state index in [0.717, 1.165) is 19.6 Å². The van der Waals surface area contributed by atoms with Gasteiger partial charge in [-0.15, -0.1) is 0 Å². The molecular weight excluding hydrogens is 254 g/mol. The quantitative estimate of drug-likeness (QED) is 0.681. The van der Waals surface area contributed by atoms with Crippen molar-refractivity contribution in [1.82, 2.24) is 15.5 Å². The zero-order chi connectivity index (χ0) is 15.0. The monoisotopic (exact) mass is 285 g/mol. The Balaban J connectivity index is 2.24. The molecule has 20 heavy (non-hydrogen) atoms. The molecule has 5 heteroatoms. The van der Waals surface area contributed by atoms with Gasteiger partial charge in [0.1, 0.15) is 0 Å². The van der Waals surface area contributed by atoms with E-state index in [9.17, 15) is 4.79 Å². The molecule has 0 saturated carbocycles. The van der Waals surface area contributed by atoms with Gasteiger partial charge in [0.05, 0.1) is 13.2 Å². The minimum absolute atomic E-state index is 0.103. The van der Waals surface area contributed by atoms with Crippen LogP contribution in [0.2, 0.25) is 0 Å². The Morgan fingerprint density at radius 2 is 2.15 bits per heavy atom. The molecule has 5 nitrogen and oxygen atoms in total. The lowest BCUT2D eigenvalue weighted by atomic mass is 9.96. The molecule has 0 radical (unpaired) electrons. The summed E-state index contributed by atoms with van der Waals surface area (Å²) in [7, 11) is 1.64. The van der Waals surface area contributed by atoms with E-state index in [4.69, 9.17) is 4.74 Å². The van der Waals surface area contributed by atoms with Crippen molar-refractivity contribution in [3.8, 4) is 0 Å². The van der Waals surface area contributed by atoms with Crippen molar-refractivity contribution in [3.63, 3.8) is 0 Å². The molecule has 0 aromatic heterocycles. The average Bonchev–Trinajstić information content (AvgIpc) is 2.36. The van der Waals surface area contributed by atoms with Crippen LogP contribution in [0.25, 0.3) is 0 Å². The first-order valence-electron chi connectivity index (χ1n) is 7.64. The van der Waals surface area contributed by atoms with Gasteiger partial charge < -0.3 is 15.4 Å². The number of likely N-dealkylation sites (tertiary alicyclic amines) is 1. The summed E-state index contributed by atoms with van der Waals surface area (Å²) in [4.78, 5) is 14.1. The Bertz CT molecular complexity index is 289. The molecule has 0 aromatic carbocycles. The van der Waals surface area contributed by atoms with Crippen LogP contribution >= 0.6 is 0 Å². The van der Waals surface area contributed by atoms with Gasteiger partial charge in [-0.2, -0.15) is 0 Å². The van der Waals surface area contributed by atoms with Gasteiger partial charge in [0.15, 0.2) is 0 Å². The number of rotatable bonds is 7. The lowest BCUT2D eigenvalue weighted by molar-refractivity contribution is -0.122. The molecule has 0 aromatic rings.